The molecular weight excluding hydrogens is 735 g/mol. The molecule has 1 spiro atoms. The van der Waals surface area contributed by atoms with Crippen molar-refractivity contribution in [2.75, 3.05) is 37.8 Å². The Morgan fingerprint density at radius 1 is 0.946 bits per heavy atom. The minimum Gasteiger partial charge on any atom is -0.445 e. The molecule has 6 rings (SSSR count). The number of nitrogens with zero attached hydrogens (tertiary/aromatic N) is 5. The molecular formula is C42H51N5O8S. The molecule has 0 unspecified atom stereocenters. The van der Waals surface area contributed by atoms with E-state index >= 15 is 0 Å². The second-order valence-electron chi connectivity index (χ2n) is 14.2. The summed E-state index contributed by atoms with van der Waals surface area (Å²) in [5.41, 5.74) is 3.37. The van der Waals surface area contributed by atoms with Gasteiger partial charge in [0.05, 0.1) is 18.0 Å². The highest BCUT2D eigenvalue weighted by atomic mass is 32.2. The van der Waals surface area contributed by atoms with Crippen LogP contribution < -0.4 is 4.31 Å². The zero-order valence-corrected chi connectivity index (χ0v) is 33.6. The van der Waals surface area contributed by atoms with Gasteiger partial charge in [-0.25, -0.2) is 17.5 Å². The maximum absolute atomic E-state index is 14.4. The van der Waals surface area contributed by atoms with Crippen LogP contribution in [0.3, 0.4) is 0 Å². The standard InChI is InChI=1S/C42H51N5O8S/c1-6-8-18-38-43-42(21-23-45(24-22-42)41(49)54-27-32-14-10-9-11-15-32)40(48)46(38)26-33-19-20-35(34(25-33)28-53-7-2)36-16-12-13-17-37(36)56(50,51)47(29-52-5)39-30(3)31(4)55-44-39/h9-17,19-20,25H,6-8,18,21-24,26-29H2,1-5H3. The molecule has 56 heavy (non-hydrogen) atoms. The number of piperidine rings is 1. The van der Waals surface area contributed by atoms with E-state index in [1.165, 1.54) is 7.11 Å². The largest absolute Gasteiger partial charge is 0.445 e. The van der Waals surface area contributed by atoms with Crippen LogP contribution in [0.25, 0.3) is 11.1 Å². The van der Waals surface area contributed by atoms with Gasteiger partial charge in [-0.1, -0.05) is 85.2 Å². The Hall–Kier alpha value is -5.05. The number of rotatable bonds is 16. The number of hydrogen-bond acceptors (Lipinski definition) is 10. The number of anilines is 1. The lowest BCUT2D eigenvalue weighted by atomic mass is 9.87. The third kappa shape index (κ3) is 8.52. The summed E-state index contributed by atoms with van der Waals surface area (Å²) < 4.78 is 52.1. The van der Waals surface area contributed by atoms with E-state index in [4.69, 9.17) is 23.7 Å². The summed E-state index contributed by atoms with van der Waals surface area (Å²) in [5.74, 6) is 1.35. The summed E-state index contributed by atoms with van der Waals surface area (Å²) in [6.45, 7) is 9.11. The van der Waals surface area contributed by atoms with E-state index < -0.39 is 21.7 Å². The monoisotopic (exact) mass is 785 g/mol. The summed E-state index contributed by atoms with van der Waals surface area (Å²) in [6, 6.07) is 22.2. The van der Waals surface area contributed by atoms with Crippen LogP contribution in [0.15, 0.2) is 87.2 Å². The fourth-order valence-electron chi connectivity index (χ4n) is 7.16. The summed E-state index contributed by atoms with van der Waals surface area (Å²) in [6.07, 6.45) is 2.90. The minimum absolute atomic E-state index is 0.0654. The van der Waals surface area contributed by atoms with Crippen molar-refractivity contribution < 1.29 is 36.7 Å². The van der Waals surface area contributed by atoms with Gasteiger partial charge in [0.2, 0.25) is 0 Å². The second kappa shape index (κ2) is 17.8. The predicted molar refractivity (Wildman–Crippen MR) is 212 cm³/mol. The predicted octanol–water partition coefficient (Wildman–Crippen LogP) is 7.40. The molecule has 1 fully saturated rings. The zero-order chi connectivity index (χ0) is 39.9. The van der Waals surface area contributed by atoms with Gasteiger partial charge >= 0.3 is 6.09 Å². The van der Waals surface area contributed by atoms with Crippen LogP contribution in [0.2, 0.25) is 0 Å². The van der Waals surface area contributed by atoms with Gasteiger partial charge in [-0.05, 0) is 68.4 Å². The number of carbonyl (C=O) groups is 2. The number of aryl methyl sites for hydroxylation is 1. The number of likely N-dealkylation sites (tertiary alicyclic amines) is 1. The molecule has 2 aliphatic heterocycles. The smallest absolute Gasteiger partial charge is 0.410 e. The third-order valence-electron chi connectivity index (χ3n) is 10.4. The molecule has 0 aliphatic carbocycles. The lowest BCUT2D eigenvalue weighted by molar-refractivity contribution is -0.133. The van der Waals surface area contributed by atoms with Crippen molar-refractivity contribution in [1.29, 1.82) is 0 Å². The lowest BCUT2D eigenvalue weighted by Gasteiger charge is -2.35. The number of ether oxygens (including phenoxy) is 3. The van der Waals surface area contributed by atoms with Gasteiger partial charge in [0.25, 0.3) is 15.9 Å². The Bertz CT molecular complexity index is 2140. The molecule has 2 amide bonds. The van der Waals surface area contributed by atoms with Crippen molar-refractivity contribution >= 4 is 33.7 Å². The van der Waals surface area contributed by atoms with Crippen LogP contribution in [0.1, 0.15) is 74.0 Å². The van der Waals surface area contributed by atoms with E-state index in [-0.39, 0.29) is 43.1 Å². The number of aromatic nitrogens is 1. The van der Waals surface area contributed by atoms with Gasteiger partial charge in [0, 0.05) is 44.4 Å². The molecule has 0 radical (unpaired) electrons. The molecule has 298 valence electrons. The average molecular weight is 786 g/mol. The molecule has 14 heteroatoms. The van der Waals surface area contributed by atoms with Gasteiger partial charge in [-0.15, -0.1) is 0 Å². The third-order valence-corrected chi connectivity index (χ3v) is 12.2. The number of benzene rings is 3. The first-order chi connectivity index (χ1) is 27.0. The molecule has 13 nitrogen and oxygen atoms in total. The van der Waals surface area contributed by atoms with E-state index in [0.717, 1.165) is 39.7 Å². The van der Waals surface area contributed by atoms with Crippen LogP contribution in [0.5, 0.6) is 0 Å². The first kappa shape index (κ1) is 40.6. The maximum atomic E-state index is 14.4. The van der Waals surface area contributed by atoms with Gasteiger partial charge in [-0.3, -0.25) is 14.7 Å². The molecule has 3 aromatic carbocycles. The van der Waals surface area contributed by atoms with Crippen LogP contribution in [-0.4, -0.2) is 80.3 Å². The minimum atomic E-state index is -4.19. The van der Waals surface area contributed by atoms with Crippen molar-refractivity contribution in [3.05, 3.63) is 101 Å². The Labute approximate surface area is 329 Å². The van der Waals surface area contributed by atoms with E-state index in [1.807, 2.05) is 55.5 Å². The highest BCUT2D eigenvalue weighted by Crippen LogP contribution is 2.38. The number of aliphatic imine (C=N–C) groups is 1. The number of carbonyl (C=O) groups excluding carboxylic acids is 2. The first-order valence-electron chi connectivity index (χ1n) is 19.1. The Morgan fingerprint density at radius 3 is 2.36 bits per heavy atom. The number of amidine groups is 1. The molecule has 0 saturated carbocycles. The SMILES string of the molecule is CCCCC1=NC2(CCN(C(=O)OCc3ccccc3)CC2)C(=O)N1Cc1ccc(-c2ccccc2S(=O)(=O)N(COC)c2noc(C)c2C)c(COCC)c1. The number of methoxy groups -OCH3 is 1. The fraction of sp³-hybridized carbons (Fsp3) is 0.429. The summed E-state index contributed by atoms with van der Waals surface area (Å²) >= 11 is 0. The Kier molecular flexibility index (Phi) is 12.9. The van der Waals surface area contributed by atoms with E-state index in [1.54, 1.807) is 47.9 Å². The van der Waals surface area contributed by atoms with Gasteiger partial charge < -0.3 is 23.6 Å². The quantitative estimate of drug-likeness (QED) is 0.106. The van der Waals surface area contributed by atoms with Crippen LogP contribution in [-0.2, 0) is 48.8 Å². The number of amides is 2. The summed E-state index contributed by atoms with van der Waals surface area (Å²) in [7, 11) is -2.77. The summed E-state index contributed by atoms with van der Waals surface area (Å²) in [5, 5.41) is 4.05. The molecule has 2 aliphatic rings. The van der Waals surface area contributed by atoms with Crippen LogP contribution in [0, 0.1) is 13.8 Å². The van der Waals surface area contributed by atoms with Crippen molar-refractivity contribution in [3.63, 3.8) is 0 Å². The normalized spacial score (nSPS) is 15.4. The Balaban J connectivity index is 1.25. The highest BCUT2D eigenvalue weighted by Gasteiger charge is 2.50. The highest BCUT2D eigenvalue weighted by molar-refractivity contribution is 7.93. The number of unbranched alkanes of at least 4 members (excludes halogenated alkanes) is 1. The van der Waals surface area contributed by atoms with Crippen molar-refractivity contribution in [2.24, 2.45) is 4.99 Å². The molecule has 1 saturated heterocycles. The average Bonchev–Trinajstić information content (AvgIpc) is 3.67. The second-order valence-corrected chi connectivity index (χ2v) is 16.0. The molecule has 0 atom stereocenters. The van der Waals surface area contributed by atoms with E-state index in [0.29, 0.717) is 61.4 Å². The topological polar surface area (TPSA) is 144 Å². The molecule has 4 aromatic rings. The van der Waals surface area contributed by atoms with Crippen molar-refractivity contribution in [2.45, 2.75) is 90.0 Å². The molecule has 0 N–H and O–H groups in total. The molecule has 3 heterocycles. The Morgan fingerprint density at radius 2 is 1.68 bits per heavy atom. The zero-order valence-electron chi connectivity index (χ0n) is 32.8. The maximum Gasteiger partial charge on any atom is 0.410 e. The molecule has 1 aromatic heterocycles. The number of sulfonamides is 1. The van der Waals surface area contributed by atoms with Gasteiger partial charge in [-0.2, -0.15) is 0 Å². The van der Waals surface area contributed by atoms with E-state index in [9.17, 15) is 18.0 Å². The van der Waals surface area contributed by atoms with E-state index in [2.05, 4.69) is 12.1 Å². The van der Waals surface area contributed by atoms with Crippen molar-refractivity contribution in [3.8, 4) is 11.1 Å². The van der Waals surface area contributed by atoms with Gasteiger partial charge in [0.15, 0.2) is 5.82 Å². The van der Waals surface area contributed by atoms with Crippen molar-refractivity contribution in [1.82, 2.24) is 15.0 Å². The van der Waals surface area contributed by atoms with Crippen LogP contribution in [0.4, 0.5) is 10.6 Å². The van der Waals surface area contributed by atoms with Crippen LogP contribution >= 0.6 is 0 Å². The summed E-state index contributed by atoms with van der Waals surface area (Å²) in [4.78, 5) is 35.9. The fourth-order valence-corrected chi connectivity index (χ4v) is 8.75. The molecule has 0 bridgehead atoms. The first-order valence-corrected chi connectivity index (χ1v) is 20.6. The lowest BCUT2D eigenvalue weighted by Crippen LogP contribution is -2.51. The van der Waals surface area contributed by atoms with Gasteiger partial charge in [0.1, 0.15) is 30.5 Å². The number of hydrogen-bond donors (Lipinski definition) is 0.